The van der Waals surface area contributed by atoms with E-state index in [0.29, 0.717) is 25.5 Å². The number of likely N-dealkylation sites (N-methyl/N-ethyl adjacent to an activating group) is 1. The molecule has 0 aliphatic carbocycles. The highest BCUT2D eigenvalue weighted by Crippen LogP contribution is 2.15. The lowest BCUT2D eigenvalue weighted by Gasteiger charge is -2.17. The van der Waals surface area contributed by atoms with Gasteiger partial charge in [-0.2, -0.15) is 0 Å². The maximum atomic E-state index is 9.76. The topological polar surface area (TPSA) is 57.6 Å². The van der Waals surface area contributed by atoms with Gasteiger partial charge in [0.2, 0.25) is 5.88 Å². The highest BCUT2D eigenvalue weighted by molar-refractivity contribution is 5.25. The van der Waals surface area contributed by atoms with E-state index in [1.54, 1.807) is 6.20 Å². The molecular weight excluding hydrogens is 242 g/mol. The normalized spacial score (nSPS) is 13.0. The molecule has 0 fully saturated rings. The molecule has 2 N–H and O–H groups in total. The van der Waals surface area contributed by atoms with Crippen molar-refractivity contribution in [3.05, 3.63) is 23.9 Å². The van der Waals surface area contributed by atoms with Crippen LogP contribution in [0.2, 0.25) is 0 Å². The van der Waals surface area contributed by atoms with Crippen molar-refractivity contribution in [3.63, 3.8) is 0 Å². The molecule has 0 aliphatic rings. The zero-order chi connectivity index (χ0) is 14.3. The van der Waals surface area contributed by atoms with E-state index < -0.39 is 0 Å². The van der Waals surface area contributed by atoms with Crippen molar-refractivity contribution in [1.82, 2.24) is 15.2 Å². The molecule has 0 aliphatic heterocycles. The predicted molar refractivity (Wildman–Crippen MR) is 76.3 cm³/mol. The number of aromatic nitrogens is 1. The number of aliphatic hydroxyl groups excluding tert-OH is 1. The van der Waals surface area contributed by atoms with Gasteiger partial charge in [-0.25, -0.2) is 4.98 Å². The summed E-state index contributed by atoms with van der Waals surface area (Å²) in [4.78, 5) is 6.19. The van der Waals surface area contributed by atoms with E-state index in [2.05, 4.69) is 10.3 Å². The summed E-state index contributed by atoms with van der Waals surface area (Å²) in [5.74, 6) is 0.659. The van der Waals surface area contributed by atoms with Crippen molar-refractivity contribution in [2.24, 2.45) is 0 Å². The van der Waals surface area contributed by atoms with Gasteiger partial charge in [0, 0.05) is 31.4 Å². The van der Waals surface area contributed by atoms with Crippen molar-refractivity contribution in [1.29, 1.82) is 0 Å². The minimum atomic E-state index is -0.374. The third-order valence-electron chi connectivity index (χ3n) is 2.47. The fraction of sp³-hybridized carbons (Fsp3) is 0.643. The molecule has 0 radical (unpaired) electrons. The lowest BCUT2D eigenvalue weighted by molar-refractivity contribution is 0.134. The van der Waals surface area contributed by atoms with Crippen LogP contribution in [0.5, 0.6) is 5.88 Å². The Hall–Kier alpha value is -1.17. The smallest absolute Gasteiger partial charge is 0.218 e. The molecular formula is C14H25N3O2. The van der Waals surface area contributed by atoms with Crippen LogP contribution in [0.15, 0.2) is 18.3 Å². The number of nitrogens with zero attached hydrogens (tertiary/aromatic N) is 2. The van der Waals surface area contributed by atoms with Gasteiger partial charge in [0.1, 0.15) is 0 Å². The zero-order valence-electron chi connectivity index (χ0n) is 12.3. The lowest BCUT2D eigenvalue weighted by atomic mass is 10.2. The summed E-state index contributed by atoms with van der Waals surface area (Å²) in [6.45, 7) is 5.80. The third kappa shape index (κ3) is 6.52. The van der Waals surface area contributed by atoms with Crippen LogP contribution in [0.3, 0.4) is 0 Å². The number of aliphatic hydroxyl groups is 1. The maximum Gasteiger partial charge on any atom is 0.218 e. The van der Waals surface area contributed by atoms with Crippen molar-refractivity contribution in [2.45, 2.75) is 32.6 Å². The zero-order valence-corrected chi connectivity index (χ0v) is 12.3. The van der Waals surface area contributed by atoms with E-state index in [1.165, 1.54) is 0 Å². The van der Waals surface area contributed by atoms with Gasteiger partial charge in [0.15, 0.2) is 0 Å². The first kappa shape index (κ1) is 15.9. The molecule has 5 nitrogen and oxygen atoms in total. The number of rotatable bonds is 8. The molecule has 0 saturated heterocycles. The van der Waals surface area contributed by atoms with Crippen LogP contribution in [0.25, 0.3) is 0 Å². The van der Waals surface area contributed by atoms with E-state index in [1.807, 2.05) is 45.0 Å². The highest BCUT2D eigenvalue weighted by Gasteiger charge is 2.08. The van der Waals surface area contributed by atoms with Crippen LogP contribution in [0, 0.1) is 0 Å². The maximum absolute atomic E-state index is 9.76. The van der Waals surface area contributed by atoms with Gasteiger partial charge in [-0.3, -0.25) is 0 Å². The Morgan fingerprint density at radius 2 is 2.16 bits per heavy atom. The standard InChI is InChI=1S/C14H25N3O2/c1-11(2)19-14-12(6-5-7-16-14)8-15-9-13(18)10-17(3)4/h5-7,11,13,15,18H,8-10H2,1-4H3. The summed E-state index contributed by atoms with van der Waals surface area (Å²) in [6.07, 6.45) is 1.45. The summed E-state index contributed by atoms with van der Waals surface area (Å²) >= 11 is 0. The number of pyridine rings is 1. The van der Waals surface area contributed by atoms with Gasteiger partial charge in [-0.15, -0.1) is 0 Å². The summed E-state index contributed by atoms with van der Waals surface area (Å²) in [5.41, 5.74) is 1.01. The van der Waals surface area contributed by atoms with E-state index in [4.69, 9.17) is 4.74 Å². The Morgan fingerprint density at radius 1 is 1.42 bits per heavy atom. The molecule has 0 amide bonds. The first-order valence-electron chi connectivity index (χ1n) is 6.63. The highest BCUT2D eigenvalue weighted by atomic mass is 16.5. The first-order chi connectivity index (χ1) is 8.99. The molecule has 0 aromatic carbocycles. The van der Waals surface area contributed by atoms with E-state index in [-0.39, 0.29) is 12.2 Å². The quantitative estimate of drug-likeness (QED) is 0.732. The van der Waals surface area contributed by atoms with E-state index in [9.17, 15) is 5.11 Å². The molecule has 5 heteroatoms. The molecule has 1 atom stereocenters. The molecule has 0 spiro atoms. The second kappa shape index (κ2) is 8.09. The number of hydrogen-bond donors (Lipinski definition) is 2. The summed E-state index contributed by atoms with van der Waals surface area (Å²) in [5, 5.41) is 13.0. The first-order valence-corrected chi connectivity index (χ1v) is 6.63. The molecule has 1 rings (SSSR count). The molecule has 1 aromatic heterocycles. The predicted octanol–water partition coefficient (Wildman–Crippen LogP) is 0.881. The Balaban J connectivity index is 2.44. The minimum Gasteiger partial charge on any atom is -0.475 e. The Morgan fingerprint density at radius 3 is 2.79 bits per heavy atom. The molecule has 1 unspecified atom stereocenters. The Bertz CT molecular complexity index is 369. The van der Waals surface area contributed by atoms with E-state index >= 15 is 0 Å². The Kier molecular flexibility index (Phi) is 6.77. The van der Waals surface area contributed by atoms with Crippen LogP contribution >= 0.6 is 0 Å². The van der Waals surface area contributed by atoms with Crippen LogP contribution in [0.4, 0.5) is 0 Å². The van der Waals surface area contributed by atoms with Gasteiger partial charge in [-0.05, 0) is 34.0 Å². The lowest BCUT2D eigenvalue weighted by Crippen LogP contribution is -2.34. The second-order valence-corrected chi connectivity index (χ2v) is 5.18. The Labute approximate surface area is 115 Å². The van der Waals surface area contributed by atoms with Crippen molar-refractivity contribution in [2.75, 3.05) is 27.2 Å². The fourth-order valence-corrected chi connectivity index (χ4v) is 1.75. The van der Waals surface area contributed by atoms with Gasteiger partial charge < -0.3 is 20.1 Å². The van der Waals surface area contributed by atoms with Gasteiger partial charge in [0.25, 0.3) is 0 Å². The van der Waals surface area contributed by atoms with Crippen LogP contribution in [-0.2, 0) is 6.54 Å². The van der Waals surface area contributed by atoms with Gasteiger partial charge >= 0.3 is 0 Å². The van der Waals surface area contributed by atoms with Crippen LogP contribution in [-0.4, -0.2) is 54.4 Å². The molecule has 108 valence electrons. The molecule has 1 aromatic rings. The van der Waals surface area contributed by atoms with Crippen molar-refractivity contribution < 1.29 is 9.84 Å². The average Bonchev–Trinajstić information content (AvgIpc) is 2.29. The SMILES string of the molecule is CC(C)Oc1ncccc1CNCC(O)CN(C)C. The summed E-state index contributed by atoms with van der Waals surface area (Å²) in [7, 11) is 3.89. The number of ether oxygens (including phenoxy) is 1. The molecule has 19 heavy (non-hydrogen) atoms. The van der Waals surface area contributed by atoms with Crippen molar-refractivity contribution in [3.8, 4) is 5.88 Å². The third-order valence-corrected chi connectivity index (χ3v) is 2.47. The second-order valence-electron chi connectivity index (χ2n) is 5.18. The number of hydrogen-bond acceptors (Lipinski definition) is 5. The monoisotopic (exact) mass is 267 g/mol. The molecule has 0 bridgehead atoms. The molecule has 0 saturated carbocycles. The summed E-state index contributed by atoms with van der Waals surface area (Å²) < 4.78 is 5.65. The van der Waals surface area contributed by atoms with Crippen LogP contribution < -0.4 is 10.1 Å². The molecule has 1 heterocycles. The van der Waals surface area contributed by atoms with Gasteiger partial charge in [-0.1, -0.05) is 6.07 Å². The van der Waals surface area contributed by atoms with E-state index in [0.717, 1.165) is 5.56 Å². The largest absolute Gasteiger partial charge is 0.475 e. The van der Waals surface area contributed by atoms with Crippen LogP contribution in [0.1, 0.15) is 19.4 Å². The fourth-order valence-electron chi connectivity index (χ4n) is 1.75. The number of nitrogens with one attached hydrogen (secondary N) is 1. The van der Waals surface area contributed by atoms with Crippen molar-refractivity contribution >= 4 is 0 Å². The van der Waals surface area contributed by atoms with Gasteiger partial charge in [0.05, 0.1) is 12.2 Å². The average molecular weight is 267 g/mol. The summed E-state index contributed by atoms with van der Waals surface area (Å²) in [6, 6.07) is 3.87. The minimum absolute atomic E-state index is 0.105.